The first-order valence-electron chi connectivity index (χ1n) is 6.04. The Morgan fingerprint density at radius 1 is 1.56 bits per heavy atom. The van der Waals surface area contributed by atoms with Gasteiger partial charge in [0, 0.05) is 7.05 Å². The van der Waals surface area contributed by atoms with Gasteiger partial charge in [0.2, 0.25) is 0 Å². The molecule has 90 valence electrons. The maximum Gasteiger partial charge on any atom is 0.0772 e. The van der Waals surface area contributed by atoms with Crippen molar-refractivity contribution >= 4 is 0 Å². The molecule has 0 amide bonds. The third kappa shape index (κ3) is 1.74. The summed E-state index contributed by atoms with van der Waals surface area (Å²) in [7, 11) is 1.92. The molecular weight excluding hydrogens is 202 g/mol. The van der Waals surface area contributed by atoms with Crippen LogP contribution in [0, 0.1) is 5.41 Å². The van der Waals surface area contributed by atoms with Crippen molar-refractivity contribution in [3.05, 3.63) is 11.9 Å². The molecule has 1 aliphatic rings. The lowest BCUT2D eigenvalue weighted by Crippen LogP contribution is -2.41. The summed E-state index contributed by atoms with van der Waals surface area (Å²) >= 11 is 0. The fraction of sp³-hybridized carbons (Fsp3) is 0.818. The van der Waals surface area contributed by atoms with Crippen LogP contribution in [0.15, 0.2) is 6.20 Å². The summed E-state index contributed by atoms with van der Waals surface area (Å²) in [5.74, 6) is 5.75. The summed E-state index contributed by atoms with van der Waals surface area (Å²) < 4.78 is 1.82. The first kappa shape index (κ1) is 11.5. The minimum absolute atomic E-state index is 0.167. The highest BCUT2D eigenvalue weighted by atomic mass is 15.4. The van der Waals surface area contributed by atoms with Gasteiger partial charge in [0.15, 0.2) is 0 Å². The molecule has 1 aromatic heterocycles. The Morgan fingerprint density at radius 2 is 2.25 bits per heavy atom. The van der Waals surface area contributed by atoms with Crippen LogP contribution in [0.2, 0.25) is 0 Å². The van der Waals surface area contributed by atoms with Gasteiger partial charge in [0.25, 0.3) is 0 Å². The van der Waals surface area contributed by atoms with Crippen LogP contribution < -0.4 is 11.3 Å². The van der Waals surface area contributed by atoms with E-state index in [0.717, 1.165) is 12.1 Å². The summed E-state index contributed by atoms with van der Waals surface area (Å²) in [6, 6.07) is 0.167. The molecule has 1 aromatic rings. The van der Waals surface area contributed by atoms with E-state index in [-0.39, 0.29) is 11.5 Å². The zero-order chi connectivity index (χ0) is 11.6. The summed E-state index contributed by atoms with van der Waals surface area (Å²) in [4.78, 5) is 0. The first-order chi connectivity index (χ1) is 7.73. The third-order valence-electron chi connectivity index (χ3n) is 4.13. The molecule has 3 N–H and O–H groups in total. The standard InChI is InChI=1S/C11H21N5/c1-3-11(6-4-5-7-11)10(14-12)9-8-13-15-16(9)2/h8,10,14H,3-7,12H2,1-2H3. The molecule has 5 nitrogen and oxygen atoms in total. The highest BCUT2D eigenvalue weighted by Crippen LogP contribution is 2.49. The van der Waals surface area contributed by atoms with Crippen LogP contribution in [0.1, 0.15) is 50.8 Å². The molecule has 1 aliphatic carbocycles. The first-order valence-corrected chi connectivity index (χ1v) is 6.04. The summed E-state index contributed by atoms with van der Waals surface area (Å²) in [5, 5.41) is 7.94. The van der Waals surface area contributed by atoms with Crippen LogP contribution in [-0.2, 0) is 7.05 Å². The van der Waals surface area contributed by atoms with Crippen molar-refractivity contribution in [1.29, 1.82) is 0 Å². The number of nitrogens with one attached hydrogen (secondary N) is 1. The molecular formula is C11H21N5. The van der Waals surface area contributed by atoms with E-state index in [4.69, 9.17) is 5.84 Å². The second kappa shape index (κ2) is 4.51. The molecule has 16 heavy (non-hydrogen) atoms. The maximum absolute atomic E-state index is 5.75. The largest absolute Gasteiger partial charge is 0.271 e. The molecule has 1 fully saturated rings. The molecule has 0 spiro atoms. The van der Waals surface area contributed by atoms with Gasteiger partial charge in [-0.3, -0.25) is 16.0 Å². The topological polar surface area (TPSA) is 68.8 Å². The molecule has 0 aromatic carbocycles. The minimum Gasteiger partial charge on any atom is -0.271 e. The monoisotopic (exact) mass is 223 g/mol. The Bertz CT molecular complexity index is 340. The Kier molecular flexibility index (Phi) is 3.25. The molecule has 0 saturated heterocycles. The van der Waals surface area contributed by atoms with Gasteiger partial charge in [-0.15, -0.1) is 5.10 Å². The van der Waals surface area contributed by atoms with Gasteiger partial charge in [0.05, 0.1) is 17.9 Å². The van der Waals surface area contributed by atoms with E-state index in [1.807, 2.05) is 17.9 Å². The van der Waals surface area contributed by atoms with Gasteiger partial charge < -0.3 is 0 Å². The average molecular weight is 223 g/mol. The predicted octanol–water partition coefficient (Wildman–Crippen LogP) is 1.29. The number of hydrazine groups is 1. The molecule has 2 rings (SSSR count). The smallest absolute Gasteiger partial charge is 0.0772 e. The Morgan fingerprint density at radius 3 is 2.69 bits per heavy atom. The normalized spacial score (nSPS) is 21.2. The van der Waals surface area contributed by atoms with Crippen molar-refractivity contribution < 1.29 is 0 Å². The minimum atomic E-state index is 0.167. The fourth-order valence-electron chi connectivity index (χ4n) is 3.06. The fourth-order valence-corrected chi connectivity index (χ4v) is 3.06. The van der Waals surface area contributed by atoms with Gasteiger partial charge in [-0.1, -0.05) is 25.0 Å². The van der Waals surface area contributed by atoms with Crippen molar-refractivity contribution in [3.63, 3.8) is 0 Å². The summed E-state index contributed by atoms with van der Waals surface area (Å²) in [6.07, 6.45) is 8.05. The number of rotatable bonds is 4. The van der Waals surface area contributed by atoms with E-state index in [2.05, 4.69) is 22.7 Å². The zero-order valence-corrected chi connectivity index (χ0v) is 10.1. The van der Waals surface area contributed by atoms with E-state index in [0.29, 0.717) is 0 Å². The average Bonchev–Trinajstić information content (AvgIpc) is 2.91. The van der Waals surface area contributed by atoms with Crippen molar-refractivity contribution in [2.45, 2.75) is 45.1 Å². The lowest BCUT2D eigenvalue weighted by Gasteiger charge is -2.36. The van der Waals surface area contributed by atoms with Crippen molar-refractivity contribution in [3.8, 4) is 0 Å². The Labute approximate surface area is 96.4 Å². The van der Waals surface area contributed by atoms with Gasteiger partial charge in [-0.2, -0.15) is 0 Å². The molecule has 5 heteroatoms. The summed E-state index contributed by atoms with van der Waals surface area (Å²) in [6.45, 7) is 2.25. The maximum atomic E-state index is 5.75. The molecule has 0 radical (unpaired) electrons. The molecule has 1 saturated carbocycles. The van der Waals surface area contributed by atoms with Crippen LogP contribution in [-0.4, -0.2) is 15.0 Å². The van der Waals surface area contributed by atoms with Gasteiger partial charge in [-0.05, 0) is 24.7 Å². The SMILES string of the molecule is CCC1(C(NN)c2cnnn2C)CCCC1. The van der Waals surface area contributed by atoms with Crippen molar-refractivity contribution in [2.24, 2.45) is 18.3 Å². The second-order valence-corrected chi connectivity index (χ2v) is 4.81. The molecule has 1 unspecified atom stereocenters. The molecule has 1 heterocycles. The van der Waals surface area contributed by atoms with E-state index in [1.54, 1.807) is 0 Å². The van der Waals surface area contributed by atoms with Crippen LogP contribution >= 0.6 is 0 Å². The molecule has 1 atom stereocenters. The number of aryl methyl sites for hydroxylation is 1. The van der Waals surface area contributed by atoms with E-state index in [1.165, 1.54) is 25.7 Å². The Hall–Kier alpha value is -0.940. The number of nitrogens with two attached hydrogens (primary N) is 1. The molecule has 0 bridgehead atoms. The Balaban J connectivity index is 2.31. The third-order valence-corrected chi connectivity index (χ3v) is 4.13. The summed E-state index contributed by atoms with van der Waals surface area (Å²) in [5.41, 5.74) is 4.35. The van der Waals surface area contributed by atoms with Crippen LogP contribution in [0.4, 0.5) is 0 Å². The lowest BCUT2D eigenvalue weighted by molar-refractivity contribution is 0.180. The van der Waals surface area contributed by atoms with E-state index in [9.17, 15) is 0 Å². The van der Waals surface area contributed by atoms with Gasteiger partial charge in [-0.25, -0.2) is 0 Å². The van der Waals surface area contributed by atoms with E-state index < -0.39 is 0 Å². The van der Waals surface area contributed by atoms with Gasteiger partial charge in [0.1, 0.15) is 0 Å². The number of nitrogens with zero attached hydrogens (tertiary/aromatic N) is 3. The van der Waals surface area contributed by atoms with Crippen LogP contribution in [0.25, 0.3) is 0 Å². The number of aromatic nitrogens is 3. The predicted molar refractivity (Wildman–Crippen MR) is 62.3 cm³/mol. The van der Waals surface area contributed by atoms with Crippen LogP contribution in [0.3, 0.4) is 0 Å². The second-order valence-electron chi connectivity index (χ2n) is 4.81. The van der Waals surface area contributed by atoms with Crippen molar-refractivity contribution in [2.75, 3.05) is 0 Å². The highest BCUT2D eigenvalue weighted by Gasteiger charge is 2.41. The zero-order valence-electron chi connectivity index (χ0n) is 10.1. The number of hydrogen-bond acceptors (Lipinski definition) is 4. The van der Waals surface area contributed by atoms with E-state index >= 15 is 0 Å². The van der Waals surface area contributed by atoms with Gasteiger partial charge >= 0.3 is 0 Å². The quantitative estimate of drug-likeness (QED) is 0.596. The number of hydrogen-bond donors (Lipinski definition) is 2. The lowest BCUT2D eigenvalue weighted by atomic mass is 9.75. The van der Waals surface area contributed by atoms with Crippen molar-refractivity contribution in [1.82, 2.24) is 20.4 Å². The molecule has 0 aliphatic heterocycles. The highest BCUT2D eigenvalue weighted by molar-refractivity contribution is 5.09. The van der Waals surface area contributed by atoms with Crippen LogP contribution in [0.5, 0.6) is 0 Å².